The van der Waals surface area contributed by atoms with Gasteiger partial charge in [-0.2, -0.15) is 0 Å². The van der Waals surface area contributed by atoms with E-state index in [1.807, 2.05) is 12.1 Å². The topological polar surface area (TPSA) is 91.6 Å². The Bertz CT molecular complexity index is 830. The van der Waals surface area contributed by atoms with Crippen LogP contribution in [0.1, 0.15) is 42.7 Å². The predicted octanol–water partition coefficient (Wildman–Crippen LogP) is 3.14. The number of carbonyl (C=O) groups is 3. The Morgan fingerprint density at radius 2 is 1.72 bits per heavy atom. The second-order valence-corrected chi connectivity index (χ2v) is 7.41. The number of anilines is 1. The van der Waals surface area contributed by atoms with Gasteiger partial charge in [0.1, 0.15) is 0 Å². The van der Waals surface area contributed by atoms with E-state index in [4.69, 9.17) is 16.0 Å². The highest BCUT2D eigenvalue weighted by Gasteiger charge is 2.27. The Kier molecular flexibility index (Phi) is 7.30. The second kappa shape index (κ2) is 10.1. The molecule has 1 heterocycles. The molecule has 3 rings (SSSR count). The minimum Gasteiger partial charge on any atom is -0.459 e. The fraction of sp³-hybridized carbons (Fsp3) is 0.381. The molecule has 0 aliphatic heterocycles. The number of halogens is 1. The van der Waals surface area contributed by atoms with Crippen molar-refractivity contribution in [2.75, 3.05) is 18.0 Å². The molecule has 0 bridgehead atoms. The number of furan rings is 1. The SMILES string of the molecule is O=C(CNC(=O)c1ccco1)NCC(=O)N(c1ccc(Cl)cc1)C1CCCCC1. The maximum Gasteiger partial charge on any atom is 0.287 e. The van der Waals surface area contributed by atoms with Gasteiger partial charge in [-0.3, -0.25) is 14.4 Å². The minimum absolute atomic E-state index is 0.105. The normalized spacial score (nSPS) is 14.2. The zero-order valence-electron chi connectivity index (χ0n) is 16.0. The zero-order valence-corrected chi connectivity index (χ0v) is 16.8. The number of amides is 3. The molecule has 1 saturated carbocycles. The van der Waals surface area contributed by atoms with E-state index in [0.29, 0.717) is 5.02 Å². The molecule has 3 amide bonds. The molecule has 0 saturated heterocycles. The zero-order chi connectivity index (χ0) is 20.6. The lowest BCUT2D eigenvalue weighted by Gasteiger charge is -2.34. The van der Waals surface area contributed by atoms with E-state index < -0.39 is 11.8 Å². The van der Waals surface area contributed by atoms with E-state index in [1.54, 1.807) is 23.1 Å². The molecule has 2 aromatic rings. The largest absolute Gasteiger partial charge is 0.459 e. The first-order valence-corrected chi connectivity index (χ1v) is 10.1. The molecule has 2 N–H and O–H groups in total. The smallest absolute Gasteiger partial charge is 0.287 e. The Balaban J connectivity index is 1.56. The summed E-state index contributed by atoms with van der Waals surface area (Å²) in [5.74, 6) is -0.996. The molecule has 1 fully saturated rings. The van der Waals surface area contributed by atoms with Gasteiger partial charge < -0.3 is 20.0 Å². The van der Waals surface area contributed by atoms with Crippen molar-refractivity contribution in [1.82, 2.24) is 10.6 Å². The predicted molar refractivity (Wildman–Crippen MR) is 110 cm³/mol. The summed E-state index contributed by atoms with van der Waals surface area (Å²) in [5, 5.41) is 5.64. The lowest BCUT2D eigenvalue weighted by atomic mass is 9.93. The molecule has 29 heavy (non-hydrogen) atoms. The van der Waals surface area contributed by atoms with Crippen LogP contribution < -0.4 is 15.5 Å². The van der Waals surface area contributed by atoms with Crippen LogP contribution in [0.2, 0.25) is 5.02 Å². The van der Waals surface area contributed by atoms with Crippen LogP contribution >= 0.6 is 11.6 Å². The standard InChI is InChI=1S/C21H24ClN3O4/c22-15-8-10-17(11-9-15)25(16-5-2-1-3-6-16)20(27)14-23-19(26)13-24-21(28)18-7-4-12-29-18/h4,7-12,16H,1-3,5-6,13-14H2,(H,23,26)(H,24,28). The van der Waals surface area contributed by atoms with Gasteiger partial charge >= 0.3 is 0 Å². The summed E-state index contributed by atoms with van der Waals surface area (Å²) in [4.78, 5) is 38.6. The lowest BCUT2D eigenvalue weighted by Crippen LogP contribution is -2.48. The van der Waals surface area contributed by atoms with Gasteiger partial charge in [0.15, 0.2) is 5.76 Å². The first-order chi connectivity index (χ1) is 14.0. The number of rotatable bonds is 7. The molecule has 0 unspecified atom stereocenters. The Morgan fingerprint density at radius 1 is 1.00 bits per heavy atom. The van der Waals surface area contributed by atoms with Gasteiger partial charge in [-0.15, -0.1) is 0 Å². The molecule has 1 aliphatic carbocycles. The Hall–Kier alpha value is -2.80. The van der Waals surface area contributed by atoms with Crippen LogP contribution in [-0.4, -0.2) is 36.9 Å². The molecule has 0 spiro atoms. The molecular weight excluding hydrogens is 394 g/mol. The summed E-state index contributed by atoms with van der Waals surface area (Å²) < 4.78 is 4.97. The number of benzene rings is 1. The highest BCUT2D eigenvalue weighted by molar-refractivity contribution is 6.30. The Morgan fingerprint density at radius 3 is 2.38 bits per heavy atom. The third kappa shape index (κ3) is 5.84. The van der Waals surface area contributed by atoms with Crippen LogP contribution in [0.25, 0.3) is 0 Å². The van der Waals surface area contributed by atoms with Gasteiger partial charge in [-0.05, 0) is 49.2 Å². The van der Waals surface area contributed by atoms with Gasteiger partial charge in [0.2, 0.25) is 11.8 Å². The van der Waals surface area contributed by atoms with Crippen molar-refractivity contribution in [3.63, 3.8) is 0 Å². The third-order valence-electron chi connectivity index (χ3n) is 4.90. The van der Waals surface area contributed by atoms with E-state index in [9.17, 15) is 14.4 Å². The fourth-order valence-electron chi connectivity index (χ4n) is 3.48. The van der Waals surface area contributed by atoms with E-state index in [0.717, 1.165) is 31.4 Å². The van der Waals surface area contributed by atoms with Crippen LogP contribution in [0, 0.1) is 0 Å². The van der Waals surface area contributed by atoms with Crippen molar-refractivity contribution >= 4 is 35.0 Å². The van der Waals surface area contributed by atoms with Crippen LogP contribution in [-0.2, 0) is 9.59 Å². The van der Waals surface area contributed by atoms with E-state index >= 15 is 0 Å². The average molecular weight is 418 g/mol. The van der Waals surface area contributed by atoms with Gasteiger partial charge in [0.25, 0.3) is 5.91 Å². The highest BCUT2D eigenvalue weighted by Crippen LogP contribution is 2.28. The van der Waals surface area contributed by atoms with Crippen molar-refractivity contribution < 1.29 is 18.8 Å². The minimum atomic E-state index is -0.485. The summed E-state index contributed by atoms with van der Waals surface area (Å²) in [6.07, 6.45) is 6.57. The lowest BCUT2D eigenvalue weighted by molar-refractivity contribution is -0.124. The highest BCUT2D eigenvalue weighted by atomic mass is 35.5. The molecule has 0 atom stereocenters. The quantitative estimate of drug-likeness (QED) is 0.723. The summed E-state index contributed by atoms with van der Waals surface area (Å²) in [7, 11) is 0. The van der Waals surface area contributed by atoms with Crippen molar-refractivity contribution in [3.8, 4) is 0 Å². The molecule has 1 aromatic carbocycles. The maximum absolute atomic E-state index is 12.9. The molecule has 1 aromatic heterocycles. The third-order valence-corrected chi connectivity index (χ3v) is 5.16. The van der Waals surface area contributed by atoms with E-state index in [1.165, 1.54) is 18.8 Å². The fourth-order valence-corrected chi connectivity index (χ4v) is 3.60. The second-order valence-electron chi connectivity index (χ2n) is 6.97. The van der Waals surface area contributed by atoms with E-state index in [-0.39, 0.29) is 30.8 Å². The average Bonchev–Trinajstić information content (AvgIpc) is 3.28. The molecular formula is C21H24ClN3O4. The summed E-state index contributed by atoms with van der Waals surface area (Å²) in [6, 6.07) is 10.3. The van der Waals surface area contributed by atoms with Crippen LogP contribution in [0.5, 0.6) is 0 Å². The van der Waals surface area contributed by atoms with Crippen LogP contribution in [0.15, 0.2) is 47.1 Å². The number of nitrogens with one attached hydrogen (secondary N) is 2. The van der Waals surface area contributed by atoms with Crippen LogP contribution in [0.4, 0.5) is 5.69 Å². The molecule has 1 aliphatic rings. The van der Waals surface area contributed by atoms with Crippen molar-refractivity contribution in [1.29, 1.82) is 0 Å². The summed E-state index contributed by atoms with van der Waals surface area (Å²) in [5.41, 5.74) is 0.770. The summed E-state index contributed by atoms with van der Waals surface area (Å²) in [6.45, 7) is -0.383. The molecule has 7 nitrogen and oxygen atoms in total. The number of hydrogen-bond donors (Lipinski definition) is 2. The molecule has 0 radical (unpaired) electrons. The molecule has 8 heteroatoms. The van der Waals surface area contributed by atoms with Crippen molar-refractivity contribution in [3.05, 3.63) is 53.4 Å². The first kappa shape index (κ1) is 20.9. The number of nitrogens with zero attached hydrogens (tertiary/aromatic N) is 1. The Labute approximate surface area is 174 Å². The van der Waals surface area contributed by atoms with Gasteiger partial charge in [0.05, 0.1) is 19.4 Å². The monoisotopic (exact) mass is 417 g/mol. The summed E-state index contributed by atoms with van der Waals surface area (Å²) >= 11 is 5.98. The van der Waals surface area contributed by atoms with Gasteiger partial charge in [-0.1, -0.05) is 30.9 Å². The van der Waals surface area contributed by atoms with Crippen molar-refractivity contribution in [2.24, 2.45) is 0 Å². The molecule has 154 valence electrons. The maximum atomic E-state index is 12.9. The van der Waals surface area contributed by atoms with Crippen molar-refractivity contribution in [2.45, 2.75) is 38.1 Å². The van der Waals surface area contributed by atoms with Crippen LogP contribution in [0.3, 0.4) is 0 Å². The number of hydrogen-bond acceptors (Lipinski definition) is 4. The van der Waals surface area contributed by atoms with E-state index in [2.05, 4.69) is 10.6 Å². The first-order valence-electron chi connectivity index (χ1n) is 9.70. The van der Waals surface area contributed by atoms with Gasteiger partial charge in [-0.25, -0.2) is 0 Å². The number of carbonyl (C=O) groups excluding carboxylic acids is 3. The van der Waals surface area contributed by atoms with Gasteiger partial charge in [0, 0.05) is 16.8 Å².